The highest BCUT2D eigenvalue weighted by molar-refractivity contribution is 9.10. The monoisotopic (exact) mass is 334 g/mol. The van der Waals surface area contributed by atoms with E-state index in [2.05, 4.69) is 36.2 Å². The molecule has 1 aromatic carbocycles. The van der Waals surface area contributed by atoms with Crippen LogP contribution in [0.25, 0.3) is 10.9 Å². The van der Waals surface area contributed by atoms with E-state index in [1.165, 1.54) is 0 Å². The molecular weight excluding hydrogens is 328 g/mol. The minimum atomic E-state index is 0.512. The summed E-state index contributed by atoms with van der Waals surface area (Å²) in [5.41, 5.74) is 1.61. The molecule has 0 aliphatic heterocycles. The SMILES string of the molecule is Clc1ccc(Nc2ncc(Br)cn2)c2ncccc12. The number of pyridine rings is 1. The zero-order valence-corrected chi connectivity index (χ0v) is 12.0. The van der Waals surface area contributed by atoms with Crippen molar-refractivity contribution in [1.82, 2.24) is 15.0 Å². The Balaban J connectivity index is 2.06. The van der Waals surface area contributed by atoms with Crippen molar-refractivity contribution >= 4 is 50.1 Å². The Morgan fingerprint density at radius 2 is 1.84 bits per heavy atom. The van der Waals surface area contributed by atoms with Crippen molar-refractivity contribution in [3.05, 3.63) is 52.4 Å². The van der Waals surface area contributed by atoms with Crippen LogP contribution < -0.4 is 5.32 Å². The Labute approximate surface area is 123 Å². The second-order valence-corrected chi connectivity index (χ2v) is 5.17. The van der Waals surface area contributed by atoms with Crippen LogP contribution in [0.4, 0.5) is 11.6 Å². The zero-order valence-electron chi connectivity index (χ0n) is 9.64. The van der Waals surface area contributed by atoms with E-state index in [-0.39, 0.29) is 0 Å². The van der Waals surface area contributed by atoms with Gasteiger partial charge in [-0.2, -0.15) is 0 Å². The molecular formula is C13H8BrClN4. The summed E-state index contributed by atoms with van der Waals surface area (Å²) in [6.07, 6.45) is 5.09. The van der Waals surface area contributed by atoms with Gasteiger partial charge in [-0.3, -0.25) is 4.98 Å². The van der Waals surface area contributed by atoms with E-state index in [0.29, 0.717) is 11.0 Å². The zero-order chi connectivity index (χ0) is 13.2. The Morgan fingerprint density at radius 1 is 1.05 bits per heavy atom. The topological polar surface area (TPSA) is 50.7 Å². The van der Waals surface area contributed by atoms with Gasteiger partial charge in [-0.1, -0.05) is 11.6 Å². The fraction of sp³-hybridized carbons (Fsp3) is 0. The van der Waals surface area contributed by atoms with E-state index in [9.17, 15) is 0 Å². The van der Waals surface area contributed by atoms with Crippen LogP contribution >= 0.6 is 27.5 Å². The normalized spacial score (nSPS) is 10.6. The molecule has 0 saturated carbocycles. The lowest BCUT2D eigenvalue weighted by Gasteiger charge is -2.08. The number of nitrogens with zero attached hydrogens (tertiary/aromatic N) is 3. The van der Waals surface area contributed by atoms with E-state index >= 15 is 0 Å². The first-order valence-electron chi connectivity index (χ1n) is 5.52. The maximum Gasteiger partial charge on any atom is 0.227 e. The van der Waals surface area contributed by atoms with Crippen LogP contribution in [0.1, 0.15) is 0 Å². The van der Waals surface area contributed by atoms with Gasteiger partial charge in [0.2, 0.25) is 5.95 Å². The van der Waals surface area contributed by atoms with E-state index in [0.717, 1.165) is 21.1 Å². The number of aromatic nitrogens is 3. The van der Waals surface area contributed by atoms with Crippen LogP contribution in [0.5, 0.6) is 0 Å². The number of hydrogen-bond acceptors (Lipinski definition) is 4. The molecule has 0 atom stereocenters. The number of nitrogens with one attached hydrogen (secondary N) is 1. The van der Waals surface area contributed by atoms with Gasteiger partial charge in [0.25, 0.3) is 0 Å². The molecule has 3 rings (SSSR count). The number of benzene rings is 1. The maximum absolute atomic E-state index is 6.15. The molecule has 0 spiro atoms. The highest BCUT2D eigenvalue weighted by Crippen LogP contribution is 2.29. The Bertz CT molecular complexity index is 730. The minimum absolute atomic E-state index is 0.512. The fourth-order valence-corrected chi connectivity index (χ4v) is 2.16. The molecule has 0 unspecified atom stereocenters. The summed E-state index contributed by atoms with van der Waals surface area (Å²) in [4.78, 5) is 12.7. The number of rotatable bonds is 2. The largest absolute Gasteiger partial charge is 0.322 e. The van der Waals surface area contributed by atoms with Gasteiger partial charge in [0.05, 0.1) is 20.7 Å². The number of anilines is 2. The molecule has 0 bridgehead atoms. The third-order valence-electron chi connectivity index (χ3n) is 2.58. The van der Waals surface area contributed by atoms with Gasteiger partial charge in [-0.05, 0) is 40.2 Å². The van der Waals surface area contributed by atoms with Crippen LogP contribution in [0.15, 0.2) is 47.3 Å². The molecule has 6 heteroatoms. The second kappa shape index (κ2) is 5.11. The predicted octanol–water partition coefficient (Wildman–Crippen LogP) is 4.18. The van der Waals surface area contributed by atoms with Crippen LogP contribution in [-0.2, 0) is 0 Å². The third kappa shape index (κ3) is 2.52. The molecule has 19 heavy (non-hydrogen) atoms. The van der Waals surface area contributed by atoms with E-state index in [1.807, 2.05) is 24.3 Å². The molecule has 0 amide bonds. The summed E-state index contributed by atoms with van der Waals surface area (Å²) in [6, 6.07) is 7.47. The quantitative estimate of drug-likeness (QED) is 0.763. The molecule has 0 radical (unpaired) electrons. The average molecular weight is 336 g/mol. The van der Waals surface area contributed by atoms with Gasteiger partial charge in [-0.15, -0.1) is 0 Å². The molecule has 0 aliphatic carbocycles. The summed E-state index contributed by atoms with van der Waals surface area (Å²) in [6.45, 7) is 0. The van der Waals surface area contributed by atoms with Gasteiger partial charge in [0, 0.05) is 24.0 Å². The highest BCUT2D eigenvalue weighted by Gasteiger charge is 2.06. The van der Waals surface area contributed by atoms with Crippen molar-refractivity contribution in [2.45, 2.75) is 0 Å². The summed E-state index contributed by atoms with van der Waals surface area (Å²) >= 11 is 9.45. The summed E-state index contributed by atoms with van der Waals surface area (Å²) < 4.78 is 0.831. The van der Waals surface area contributed by atoms with Crippen molar-refractivity contribution in [3.63, 3.8) is 0 Å². The Morgan fingerprint density at radius 3 is 2.63 bits per heavy atom. The standard InChI is InChI=1S/C13H8BrClN4/c14-8-6-17-13(18-7-8)19-11-4-3-10(15)9-2-1-5-16-12(9)11/h1-7H,(H,17,18,19). The lowest BCUT2D eigenvalue weighted by Crippen LogP contribution is -1.97. The average Bonchev–Trinajstić information content (AvgIpc) is 2.45. The first-order valence-corrected chi connectivity index (χ1v) is 6.69. The molecule has 0 aliphatic rings. The number of hydrogen-bond donors (Lipinski definition) is 1. The molecule has 94 valence electrons. The van der Waals surface area contributed by atoms with Crippen LogP contribution in [0.2, 0.25) is 5.02 Å². The molecule has 2 aromatic heterocycles. The molecule has 2 heterocycles. The molecule has 0 saturated heterocycles. The summed E-state index contributed by atoms with van der Waals surface area (Å²) in [7, 11) is 0. The van der Waals surface area contributed by atoms with Gasteiger partial charge in [-0.25, -0.2) is 9.97 Å². The Hall–Kier alpha value is -1.72. The fourth-order valence-electron chi connectivity index (χ4n) is 1.74. The number of halogens is 2. The Kier molecular flexibility index (Phi) is 3.31. The van der Waals surface area contributed by atoms with Gasteiger partial charge in [0.15, 0.2) is 0 Å². The molecule has 3 aromatic rings. The second-order valence-electron chi connectivity index (χ2n) is 3.84. The lowest BCUT2D eigenvalue weighted by molar-refractivity contribution is 1.15. The van der Waals surface area contributed by atoms with Crippen molar-refractivity contribution in [3.8, 4) is 0 Å². The van der Waals surface area contributed by atoms with Crippen molar-refractivity contribution in [2.75, 3.05) is 5.32 Å². The third-order valence-corrected chi connectivity index (χ3v) is 3.32. The molecule has 4 nitrogen and oxygen atoms in total. The smallest absolute Gasteiger partial charge is 0.227 e. The van der Waals surface area contributed by atoms with Gasteiger partial charge >= 0.3 is 0 Å². The molecule has 0 fully saturated rings. The van der Waals surface area contributed by atoms with Gasteiger partial charge < -0.3 is 5.32 Å². The van der Waals surface area contributed by atoms with Crippen LogP contribution in [0, 0.1) is 0 Å². The van der Waals surface area contributed by atoms with E-state index in [4.69, 9.17) is 11.6 Å². The van der Waals surface area contributed by atoms with Crippen molar-refractivity contribution in [2.24, 2.45) is 0 Å². The number of fused-ring (bicyclic) bond motifs is 1. The van der Waals surface area contributed by atoms with Crippen molar-refractivity contribution in [1.29, 1.82) is 0 Å². The summed E-state index contributed by atoms with van der Waals surface area (Å²) in [5, 5.41) is 4.70. The predicted molar refractivity (Wildman–Crippen MR) is 79.8 cm³/mol. The van der Waals surface area contributed by atoms with Gasteiger partial charge in [0.1, 0.15) is 0 Å². The first kappa shape index (κ1) is 12.3. The van der Waals surface area contributed by atoms with Crippen LogP contribution in [-0.4, -0.2) is 15.0 Å². The first-order chi connectivity index (χ1) is 9.24. The van der Waals surface area contributed by atoms with E-state index in [1.54, 1.807) is 18.6 Å². The highest BCUT2D eigenvalue weighted by atomic mass is 79.9. The maximum atomic E-state index is 6.15. The minimum Gasteiger partial charge on any atom is -0.322 e. The molecule has 1 N–H and O–H groups in total. The van der Waals surface area contributed by atoms with Crippen molar-refractivity contribution < 1.29 is 0 Å². The lowest BCUT2D eigenvalue weighted by atomic mass is 10.2. The van der Waals surface area contributed by atoms with E-state index < -0.39 is 0 Å². The summed E-state index contributed by atoms with van der Waals surface area (Å²) in [5.74, 6) is 0.512. The van der Waals surface area contributed by atoms with Crippen LogP contribution in [0.3, 0.4) is 0 Å².